The number of carboxylic acid groups (broad SMARTS) is 1. The van der Waals surface area contributed by atoms with Gasteiger partial charge in [0.1, 0.15) is 5.82 Å². The summed E-state index contributed by atoms with van der Waals surface area (Å²) in [5.41, 5.74) is 3.39. The fourth-order valence-corrected chi connectivity index (χ4v) is 3.06. The molecule has 0 spiro atoms. The van der Waals surface area contributed by atoms with Crippen molar-refractivity contribution in [2.75, 3.05) is 13.7 Å². The smallest absolute Gasteiger partial charge is 0.341 e. The Morgan fingerprint density at radius 1 is 1.13 bits per heavy atom. The van der Waals surface area contributed by atoms with Crippen LogP contribution in [-0.2, 0) is 4.79 Å². The summed E-state index contributed by atoms with van der Waals surface area (Å²) in [5.74, 6) is -1.21. The molecule has 0 unspecified atom stereocenters. The van der Waals surface area contributed by atoms with Crippen LogP contribution in [0.15, 0.2) is 48.5 Å². The minimum absolute atomic E-state index is 0.234. The minimum atomic E-state index is -1.11. The number of ether oxygens (including phenoxy) is 2. The second-order valence-electron chi connectivity index (χ2n) is 6.72. The van der Waals surface area contributed by atoms with Crippen LogP contribution in [0.25, 0.3) is 11.8 Å². The highest BCUT2D eigenvalue weighted by atomic mass is 19.1. The number of methoxy groups -OCH3 is 1. The van der Waals surface area contributed by atoms with Crippen LogP contribution < -0.4 is 9.47 Å². The van der Waals surface area contributed by atoms with Crippen LogP contribution in [0.2, 0.25) is 0 Å². The molecule has 2 aromatic carbocycles. The maximum Gasteiger partial charge on any atom is 0.341 e. The monoisotopic (exact) mass is 424 g/mol. The Hall–Kier alpha value is -3.94. The first-order valence-electron chi connectivity index (χ1n) is 9.37. The lowest BCUT2D eigenvalue weighted by atomic mass is 10.1. The molecule has 0 aliphatic rings. The van der Waals surface area contributed by atoms with E-state index < -0.39 is 12.6 Å². The lowest BCUT2D eigenvalue weighted by Crippen LogP contribution is -2.10. The van der Waals surface area contributed by atoms with E-state index in [-0.39, 0.29) is 23.1 Å². The number of hydrogen-bond acceptors (Lipinski definition) is 5. The third kappa shape index (κ3) is 4.98. The number of nitrogens with zero attached hydrogens (tertiary/aromatic N) is 2. The fraction of sp³-hybridized carbons (Fsp3) is 0.174. The molecule has 0 aliphatic carbocycles. The summed E-state index contributed by atoms with van der Waals surface area (Å²) in [7, 11) is 1.41. The van der Waals surface area contributed by atoms with E-state index in [9.17, 15) is 14.0 Å². The van der Waals surface area contributed by atoms with Crippen molar-refractivity contribution in [2.24, 2.45) is 0 Å². The number of aliphatic carboxylic acids is 1. The van der Waals surface area contributed by atoms with Crippen LogP contribution in [0.3, 0.4) is 0 Å². The maximum atomic E-state index is 13.2. The molecule has 3 rings (SSSR count). The minimum Gasteiger partial charge on any atom is -0.493 e. The summed E-state index contributed by atoms with van der Waals surface area (Å²) in [6.07, 6.45) is 3.11. The van der Waals surface area contributed by atoms with Crippen LogP contribution in [0.4, 0.5) is 4.39 Å². The molecular weight excluding hydrogens is 403 g/mol. The maximum absolute atomic E-state index is 13.2. The number of allylic oxidation sites excluding steroid dienone is 1. The van der Waals surface area contributed by atoms with E-state index in [1.165, 1.54) is 43.5 Å². The topological polar surface area (TPSA) is 90.6 Å². The second-order valence-corrected chi connectivity index (χ2v) is 6.72. The molecule has 160 valence electrons. The fourth-order valence-electron chi connectivity index (χ4n) is 3.06. The summed E-state index contributed by atoms with van der Waals surface area (Å²) in [6.45, 7) is 3.18. The zero-order chi connectivity index (χ0) is 22.5. The number of ketones is 1. The molecule has 3 aromatic rings. The number of carbonyl (C=O) groups excluding carboxylic acids is 1. The first-order valence-corrected chi connectivity index (χ1v) is 9.37. The van der Waals surface area contributed by atoms with E-state index in [1.54, 1.807) is 22.9 Å². The van der Waals surface area contributed by atoms with E-state index in [4.69, 9.17) is 14.6 Å². The van der Waals surface area contributed by atoms with Crippen molar-refractivity contribution < 1.29 is 28.6 Å². The Bertz CT molecular complexity index is 1150. The Morgan fingerprint density at radius 3 is 2.48 bits per heavy atom. The van der Waals surface area contributed by atoms with Gasteiger partial charge in [0.2, 0.25) is 0 Å². The lowest BCUT2D eigenvalue weighted by molar-refractivity contribution is -0.139. The van der Waals surface area contributed by atoms with Crippen molar-refractivity contribution >= 4 is 17.8 Å². The number of carbonyl (C=O) groups is 2. The number of aryl methyl sites for hydroxylation is 1. The van der Waals surface area contributed by atoms with Gasteiger partial charge in [-0.15, -0.1) is 0 Å². The number of hydrogen-bond donors (Lipinski definition) is 1. The average Bonchev–Trinajstić information content (AvgIpc) is 3.04. The average molecular weight is 424 g/mol. The molecule has 0 saturated heterocycles. The van der Waals surface area contributed by atoms with Crippen LogP contribution in [0.1, 0.15) is 27.3 Å². The van der Waals surface area contributed by atoms with E-state index in [1.807, 2.05) is 13.8 Å². The van der Waals surface area contributed by atoms with E-state index in [0.29, 0.717) is 5.56 Å². The molecular formula is C23H21FN2O5. The van der Waals surface area contributed by atoms with Crippen molar-refractivity contribution in [1.29, 1.82) is 0 Å². The normalized spacial score (nSPS) is 11.0. The van der Waals surface area contributed by atoms with Crippen molar-refractivity contribution in [1.82, 2.24) is 9.78 Å². The van der Waals surface area contributed by atoms with Crippen LogP contribution in [0.5, 0.6) is 11.5 Å². The molecule has 1 heterocycles. The van der Waals surface area contributed by atoms with Gasteiger partial charge in [-0.2, -0.15) is 5.10 Å². The molecule has 1 aromatic heterocycles. The molecule has 0 aliphatic heterocycles. The highest BCUT2D eigenvalue weighted by Crippen LogP contribution is 2.28. The largest absolute Gasteiger partial charge is 0.493 e. The van der Waals surface area contributed by atoms with Gasteiger partial charge in [0.25, 0.3) is 0 Å². The molecule has 1 N–H and O–H groups in total. The van der Waals surface area contributed by atoms with Crippen LogP contribution in [0, 0.1) is 19.7 Å². The van der Waals surface area contributed by atoms with E-state index >= 15 is 0 Å². The standard InChI is InChI=1S/C23H21FN2O5/c1-14-19(15(2)26(25-14)18-7-5-17(24)6-8-18)9-10-20(27)16-4-11-21(22(12-16)30-3)31-13-23(28)29/h4-12H,13H2,1-3H3,(H,28,29). The third-order valence-electron chi connectivity index (χ3n) is 4.62. The second kappa shape index (κ2) is 9.25. The van der Waals surface area contributed by atoms with Crippen molar-refractivity contribution in [3.63, 3.8) is 0 Å². The molecule has 7 nitrogen and oxygen atoms in total. The van der Waals surface area contributed by atoms with Gasteiger partial charge in [0, 0.05) is 16.8 Å². The van der Waals surface area contributed by atoms with E-state index in [2.05, 4.69) is 5.10 Å². The van der Waals surface area contributed by atoms with Gasteiger partial charge in [-0.1, -0.05) is 0 Å². The van der Waals surface area contributed by atoms with Crippen LogP contribution >= 0.6 is 0 Å². The van der Waals surface area contributed by atoms with Gasteiger partial charge in [0.05, 0.1) is 18.5 Å². The molecule has 0 saturated carbocycles. The summed E-state index contributed by atoms with van der Waals surface area (Å²) < 4.78 is 25.2. The molecule has 31 heavy (non-hydrogen) atoms. The molecule has 0 amide bonds. The van der Waals surface area contributed by atoms with E-state index in [0.717, 1.165) is 22.6 Å². The van der Waals surface area contributed by atoms with Gasteiger partial charge in [0.15, 0.2) is 23.9 Å². The molecule has 0 radical (unpaired) electrons. The van der Waals surface area contributed by atoms with Gasteiger partial charge in [-0.3, -0.25) is 4.79 Å². The van der Waals surface area contributed by atoms with Gasteiger partial charge in [-0.25, -0.2) is 13.9 Å². The SMILES string of the molecule is COc1cc(C(=O)C=Cc2c(C)nn(-c3ccc(F)cc3)c2C)ccc1OCC(=O)O. The summed E-state index contributed by atoms with van der Waals surface area (Å²) in [4.78, 5) is 23.3. The predicted molar refractivity (Wildman–Crippen MR) is 112 cm³/mol. The highest BCUT2D eigenvalue weighted by Gasteiger charge is 2.13. The first kappa shape index (κ1) is 21.8. The molecule has 0 fully saturated rings. The Morgan fingerprint density at radius 2 is 1.84 bits per heavy atom. The third-order valence-corrected chi connectivity index (χ3v) is 4.62. The Balaban J connectivity index is 1.83. The van der Waals surface area contributed by atoms with Crippen molar-refractivity contribution in [3.05, 3.63) is 76.9 Å². The van der Waals surface area contributed by atoms with Crippen molar-refractivity contribution in [3.8, 4) is 17.2 Å². The summed E-state index contributed by atoms with van der Waals surface area (Å²) >= 11 is 0. The van der Waals surface area contributed by atoms with Crippen LogP contribution in [-0.4, -0.2) is 40.4 Å². The summed E-state index contributed by atoms with van der Waals surface area (Å²) in [5, 5.41) is 13.2. The van der Waals surface area contributed by atoms with Crippen molar-refractivity contribution in [2.45, 2.75) is 13.8 Å². The number of benzene rings is 2. The Kier molecular flexibility index (Phi) is 6.49. The zero-order valence-electron chi connectivity index (χ0n) is 17.3. The van der Waals surface area contributed by atoms with Gasteiger partial charge < -0.3 is 14.6 Å². The first-order chi connectivity index (χ1) is 14.8. The summed E-state index contributed by atoms with van der Waals surface area (Å²) in [6, 6.07) is 10.5. The Labute approximate surface area is 178 Å². The molecule has 0 atom stereocenters. The van der Waals surface area contributed by atoms with Gasteiger partial charge >= 0.3 is 5.97 Å². The highest BCUT2D eigenvalue weighted by molar-refractivity contribution is 6.07. The number of carboxylic acids is 1. The molecule has 0 bridgehead atoms. The molecule has 8 heteroatoms. The number of aromatic nitrogens is 2. The number of halogens is 1. The zero-order valence-corrected chi connectivity index (χ0v) is 17.3. The lowest BCUT2D eigenvalue weighted by Gasteiger charge is -2.10. The van der Waals surface area contributed by atoms with Gasteiger partial charge in [-0.05, 0) is 68.5 Å². The number of rotatable bonds is 8. The predicted octanol–water partition coefficient (Wildman–Crippen LogP) is 4.00. The quantitative estimate of drug-likeness (QED) is 0.434.